The molecule has 0 aliphatic carbocycles. The standard InChI is InChI=1S/C15H15ClN4O2S2/c1-9(21)19-5-4-10-8-11(2-3-12(10)19)18-24(22)14-13(16)17-15-20(14)6-7-23-15/h2-3,8,18H,4-7H2,1H3. The summed E-state index contributed by atoms with van der Waals surface area (Å²) in [7, 11) is -1.49. The fourth-order valence-electron chi connectivity index (χ4n) is 3.05. The van der Waals surface area contributed by atoms with E-state index in [0.29, 0.717) is 11.6 Å². The van der Waals surface area contributed by atoms with Crippen LogP contribution in [0.15, 0.2) is 28.4 Å². The molecule has 0 radical (unpaired) electrons. The van der Waals surface area contributed by atoms with Gasteiger partial charge in [-0.05, 0) is 30.2 Å². The summed E-state index contributed by atoms with van der Waals surface area (Å²) in [6, 6.07) is 5.67. The number of nitrogens with one attached hydrogen (secondary N) is 1. The molecule has 1 atom stereocenters. The molecule has 0 saturated heterocycles. The predicted octanol–water partition coefficient (Wildman–Crippen LogP) is 2.69. The molecule has 2 aliphatic heterocycles. The number of thioether (sulfide) groups is 1. The summed E-state index contributed by atoms with van der Waals surface area (Å²) in [6.07, 6.45) is 0.802. The van der Waals surface area contributed by atoms with Crippen molar-refractivity contribution < 1.29 is 9.00 Å². The molecule has 1 amide bonds. The molecule has 24 heavy (non-hydrogen) atoms. The number of carbonyl (C=O) groups is 1. The molecular formula is C15H15ClN4O2S2. The topological polar surface area (TPSA) is 67.2 Å². The third-order valence-electron chi connectivity index (χ3n) is 4.13. The lowest BCUT2D eigenvalue weighted by Crippen LogP contribution is -2.25. The number of amides is 1. The van der Waals surface area contributed by atoms with E-state index in [1.807, 2.05) is 22.8 Å². The van der Waals surface area contributed by atoms with Gasteiger partial charge in [0.05, 0.1) is 0 Å². The largest absolute Gasteiger partial charge is 0.312 e. The van der Waals surface area contributed by atoms with E-state index < -0.39 is 11.0 Å². The maximum Gasteiger partial charge on any atom is 0.223 e. The van der Waals surface area contributed by atoms with Crippen LogP contribution in [0.1, 0.15) is 12.5 Å². The highest BCUT2D eigenvalue weighted by molar-refractivity contribution is 7.99. The van der Waals surface area contributed by atoms with E-state index in [0.717, 1.165) is 40.8 Å². The number of hydrogen-bond donors (Lipinski definition) is 1. The third-order valence-corrected chi connectivity index (χ3v) is 6.65. The summed E-state index contributed by atoms with van der Waals surface area (Å²) >= 11 is 7.76. The van der Waals surface area contributed by atoms with Gasteiger partial charge in [-0.1, -0.05) is 23.4 Å². The average molecular weight is 383 g/mol. The molecule has 4 rings (SSSR count). The maximum atomic E-state index is 12.7. The second kappa shape index (κ2) is 6.09. The first-order valence-corrected chi connectivity index (χ1v) is 10.0. The van der Waals surface area contributed by atoms with Crippen LogP contribution >= 0.6 is 23.4 Å². The monoisotopic (exact) mass is 382 g/mol. The Morgan fingerprint density at radius 1 is 1.42 bits per heavy atom. The summed E-state index contributed by atoms with van der Waals surface area (Å²) < 4.78 is 17.6. The van der Waals surface area contributed by atoms with Crippen LogP contribution in [0.3, 0.4) is 0 Å². The van der Waals surface area contributed by atoms with Gasteiger partial charge in [-0.15, -0.1) is 0 Å². The van der Waals surface area contributed by atoms with Crippen molar-refractivity contribution in [3.05, 3.63) is 28.9 Å². The van der Waals surface area contributed by atoms with Crippen molar-refractivity contribution in [1.29, 1.82) is 0 Å². The fourth-order valence-corrected chi connectivity index (χ4v) is 5.52. The minimum absolute atomic E-state index is 0.0390. The Bertz CT molecular complexity index is 867. The van der Waals surface area contributed by atoms with Gasteiger partial charge < -0.3 is 9.47 Å². The second-order valence-electron chi connectivity index (χ2n) is 5.63. The Labute approximate surface area is 151 Å². The van der Waals surface area contributed by atoms with Gasteiger partial charge >= 0.3 is 0 Å². The molecule has 1 N–H and O–H groups in total. The zero-order valence-electron chi connectivity index (χ0n) is 12.9. The number of aromatic nitrogens is 2. The average Bonchev–Trinajstić information content (AvgIpc) is 3.19. The first-order valence-electron chi connectivity index (χ1n) is 7.53. The summed E-state index contributed by atoms with van der Waals surface area (Å²) in [5, 5.41) is 1.62. The number of carbonyl (C=O) groups excluding carboxylic acids is 1. The maximum absolute atomic E-state index is 12.7. The summed E-state index contributed by atoms with van der Waals surface area (Å²) in [5.41, 5.74) is 2.75. The number of rotatable bonds is 3. The summed E-state index contributed by atoms with van der Waals surface area (Å²) in [4.78, 5) is 17.6. The third kappa shape index (κ3) is 2.62. The van der Waals surface area contributed by atoms with Gasteiger partial charge in [-0.3, -0.25) is 9.52 Å². The van der Waals surface area contributed by atoms with Gasteiger partial charge in [0.2, 0.25) is 5.91 Å². The number of anilines is 2. The first-order chi connectivity index (χ1) is 11.5. The van der Waals surface area contributed by atoms with Crippen molar-refractivity contribution in [2.75, 3.05) is 21.9 Å². The lowest BCUT2D eigenvalue weighted by Gasteiger charge is -2.15. The van der Waals surface area contributed by atoms with Crippen LogP contribution < -0.4 is 9.62 Å². The summed E-state index contributed by atoms with van der Waals surface area (Å²) in [5.74, 6) is 0.959. The van der Waals surface area contributed by atoms with E-state index in [1.54, 1.807) is 23.6 Å². The molecule has 1 aromatic carbocycles. The van der Waals surface area contributed by atoms with Gasteiger partial charge in [0.25, 0.3) is 0 Å². The van der Waals surface area contributed by atoms with Crippen molar-refractivity contribution in [3.63, 3.8) is 0 Å². The zero-order chi connectivity index (χ0) is 16.8. The number of fused-ring (bicyclic) bond motifs is 2. The minimum atomic E-state index is -1.49. The van der Waals surface area contributed by atoms with Crippen LogP contribution in [0, 0.1) is 0 Å². The Balaban J connectivity index is 1.59. The van der Waals surface area contributed by atoms with Crippen molar-refractivity contribution >= 4 is 51.6 Å². The van der Waals surface area contributed by atoms with Gasteiger partial charge in [0, 0.05) is 37.1 Å². The van der Waals surface area contributed by atoms with Crippen LogP contribution in [0.25, 0.3) is 0 Å². The summed E-state index contributed by atoms with van der Waals surface area (Å²) in [6.45, 7) is 3.02. The SMILES string of the molecule is CC(=O)N1CCc2cc(NS(=O)c3c(Cl)nc4n3CCS4)ccc21. The van der Waals surface area contributed by atoms with Gasteiger partial charge in [-0.2, -0.15) is 0 Å². The van der Waals surface area contributed by atoms with Crippen molar-refractivity contribution in [3.8, 4) is 0 Å². The van der Waals surface area contributed by atoms with Gasteiger partial charge in [0.15, 0.2) is 26.3 Å². The molecule has 2 aliphatic rings. The van der Waals surface area contributed by atoms with E-state index in [-0.39, 0.29) is 11.1 Å². The molecule has 2 aromatic rings. The molecule has 0 bridgehead atoms. The Hall–Kier alpha value is -1.51. The molecule has 0 saturated carbocycles. The van der Waals surface area contributed by atoms with Crippen molar-refractivity contribution in [2.45, 2.75) is 30.1 Å². The quantitative estimate of drug-likeness (QED) is 0.886. The molecule has 1 aromatic heterocycles. The van der Waals surface area contributed by atoms with Crippen molar-refractivity contribution in [2.24, 2.45) is 0 Å². The first kappa shape index (κ1) is 16.0. The Kier molecular flexibility index (Phi) is 4.06. The van der Waals surface area contributed by atoms with E-state index in [1.165, 1.54) is 0 Å². The highest BCUT2D eigenvalue weighted by atomic mass is 35.5. The van der Waals surface area contributed by atoms with Crippen LogP contribution in [-0.4, -0.2) is 32.0 Å². The Morgan fingerprint density at radius 3 is 3.04 bits per heavy atom. The normalized spacial score (nSPS) is 16.8. The van der Waals surface area contributed by atoms with Crippen LogP contribution in [0.5, 0.6) is 0 Å². The Morgan fingerprint density at radius 2 is 2.25 bits per heavy atom. The smallest absolute Gasteiger partial charge is 0.223 e. The zero-order valence-corrected chi connectivity index (χ0v) is 15.3. The molecule has 0 spiro atoms. The van der Waals surface area contributed by atoms with E-state index in [4.69, 9.17) is 11.6 Å². The van der Waals surface area contributed by atoms with E-state index >= 15 is 0 Å². The highest BCUT2D eigenvalue weighted by Crippen LogP contribution is 2.34. The molecule has 3 heterocycles. The lowest BCUT2D eigenvalue weighted by molar-refractivity contribution is -0.116. The molecule has 9 heteroatoms. The number of benzene rings is 1. The number of hydrogen-bond acceptors (Lipinski definition) is 4. The fraction of sp³-hybridized carbons (Fsp3) is 0.333. The molecule has 1 unspecified atom stereocenters. The second-order valence-corrected chi connectivity index (χ2v) is 8.17. The van der Waals surface area contributed by atoms with Crippen molar-refractivity contribution in [1.82, 2.24) is 9.55 Å². The van der Waals surface area contributed by atoms with Crippen LogP contribution in [0.2, 0.25) is 5.15 Å². The minimum Gasteiger partial charge on any atom is -0.312 e. The molecule has 6 nitrogen and oxygen atoms in total. The van der Waals surface area contributed by atoms with Crippen LogP contribution in [-0.2, 0) is 28.7 Å². The number of imidazole rings is 1. The number of halogens is 1. The highest BCUT2D eigenvalue weighted by Gasteiger charge is 2.26. The van der Waals surface area contributed by atoms with E-state index in [2.05, 4.69) is 9.71 Å². The molecule has 126 valence electrons. The molecular weight excluding hydrogens is 368 g/mol. The van der Waals surface area contributed by atoms with Gasteiger partial charge in [-0.25, -0.2) is 9.19 Å². The lowest BCUT2D eigenvalue weighted by atomic mass is 10.1. The number of nitrogens with zero attached hydrogens (tertiary/aromatic N) is 3. The molecule has 0 fully saturated rings. The van der Waals surface area contributed by atoms with E-state index in [9.17, 15) is 9.00 Å². The predicted molar refractivity (Wildman–Crippen MR) is 96.2 cm³/mol. The van der Waals surface area contributed by atoms with Gasteiger partial charge in [0.1, 0.15) is 0 Å². The van der Waals surface area contributed by atoms with Crippen LogP contribution in [0.4, 0.5) is 11.4 Å².